The maximum absolute atomic E-state index is 12.6. The minimum atomic E-state index is -0.994. The molecule has 1 aromatic carbocycles. The van der Waals surface area contributed by atoms with E-state index in [4.69, 9.17) is 11.6 Å². The average Bonchev–Trinajstić information content (AvgIpc) is 3.16. The number of carbonyl (C=O) groups excluding carboxylic acids is 4. The van der Waals surface area contributed by atoms with Crippen LogP contribution in [0.3, 0.4) is 0 Å². The molecule has 0 aliphatic carbocycles. The van der Waals surface area contributed by atoms with E-state index in [1.165, 1.54) is 7.11 Å². The van der Waals surface area contributed by atoms with E-state index in [1.54, 1.807) is 31.2 Å². The average molecular weight is 437 g/mol. The van der Waals surface area contributed by atoms with Gasteiger partial charge in [-0.3, -0.25) is 14.5 Å². The van der Waals surface area contributed by atoms with Crippen LogP contribution in [-0.2, 0) is 20.9 Å². The molecule has 29 heavy (non-hydrogen) atoms. The van der Waals surface area contributed by atoms with E-state index in [1.807, 2.05) is 0 Å². The third-order valence-electron chi connectivity index (χ3n) is 4.20. The standard InChI is InChI=1S/C18H17ClN4O5S/c1-9-14(16(26)28-2)22-17(29-9)21-13(24)7-12-15(25)23(18(27)20-12)8-10-5-3-4-6-11(10)19/h3-6,12H,7-8H2,1-2H3,(H,20,27)(H,21,22,24). The fourth-order valence-electron chi connectivity index (χ4n) is 2.75. The van der Waals surface area contributed by atoms with Crippen molar-refractivity contribution in [3.63, 3.8) is 0 Å². The number of hydrogen-bond acceptors (Lipinski definition) is 7. The number of urea groups is 1. The van der Waals surface area contributed by atoms with Gasteiger partial charge in [-0.2, -0.15) is 0 Å². The van der Waals surface area contributed by atoms with Crippen LogP contribution < -0.4 is 10.6 Å². The quantitative estimate of drug-likeness (QED) is 0.530. The predicted molar refractivity (Wildman–Crippen MR) is 106 cm³/mol. The Morgan fingerprint density at radius 3 is 2.76 bits per heavy atom. The number of aromatic nitrogens is 1. The summed E-state index contributed by atoms with van der Waals surface area (Å²) < 4.78 is 4.62. The van der Waals surface area contributed by atoms with Crippen molar-refractivity contribution < 1.29 is 23.9 Å². The Morgan fingerprint density at radius 1 is 1.34 bits per heavy atom. The Hall–Kier alpha value is -2.98. The lowest BCUT2D eigenvalue weighted by Gasteiger charge is -2.14. The Balaban J connectivity index is 1.63. The summed E-state index contributed by atoms with van der Waals surface area (Å²) in [6, 6.07) is 5.29. The second-order valence-electron chi connectivity index (χ2n) is 6.19. The SMILES string of the molecule is COC(=O)c1nc(NC(=O)CC2NC(=O)N(Cc3ccccc3Cl)C2=O)sc1C. The van der Waals surface area contributed by atoms with Crippen LogP contribution in [0.15, 0.2) is 24.3 Å². The number of rotatable bonds is 6. The molecule has 1 atom stereocenters. The molecule has 1 saturated heterocycles. The van der Waals surface area contributed by atoms with Crippen LogP contribution in [-0.4, -0.2) is 46.9 Å². The maximum atomic E-state index is 12.6. The monoisotopic (exact) mass is 436 g/mol. The number of carbonyl (C=O) groups is 4. The summed E-state index contributed by atoms with van der Waals surface area (Å²) in [5, 5.41) is 5.68. The van der Waals surface area contributed by atoms with Crippen LogP contribution in [0.25, 0.3) is 0 Å². The highest BCUT2D eigenvalue weighted by molar-refractivity contribution is 7.16. The minimum absolute atomic E-state index is 0.0105. The number of benzene rings is 1. The molecular weight excluding hydrogens is 420 g/mol. The molecular formula is C18H17ClN4O5S. The number of halogens is 1. The zero-order valence-corrected chi connectivity index (χ0v) is 17.1. The second kappa shape index (κ2) is 8.58. The van der Waals surface area contributed by atoms with E-state index < -0.39 is 29.9 Å². The first-order chi connectivity index (χ1) is 13.8. The van der Waals surface area contributed by atoms with Gasteiger partial charge in [0, 0.05) is 9.90 Å². The fourth-order valence-corrected chi connectivity index (χ4v) is 3.77. The molecule has 11 heteroatoms. The smallest absolute Gasteiger partial charge is 0.357 e. The minimum Gasteiger partial charge on any atom is -0.464 e. The van der Waals surface area contributed by atoms with Crippen molar-refractivity contribution in [1.82, 2.24) is 15.2 Å². The molecule has 0 saturated carbocycles. The van der Waals surface area contributed by atoms with Gasteiger partial charge in [-0.05, 0) is 18.6 Å². The summed E-state index contributed by atoms with van der Waals surface area (Å²) in [6.45, 7) is 1.68. The summed E-state index contributed by atoms with van der Waals surface area (Å²) in [5.41, 5.74) is 0.736. The van der Waals surface area contributed by atoms with Crippen molar-refractivity contribution in [1.29, 1.82) is 0 Å². The van der Waals surface area contributed by atoms with Gasteiger partial charge in [0.25, 0.3) is 5.91 Å². The Morgan fingerprint density at radius 2 is 2.07 bits per heavy atom. The van der Waals surface area contributed by atoms with E-state index in [0.717, 1.165) is 16.2 Å². The van der Waals surface area contributed by atoms with Crippen molar-refractivity contribution in [2.45, 2.75) is 25.9 Å². The van der Waals surface area contributed by atoms with Gasteiger partial charge in [-0.25, -0.2) is 14.6 Å². The van der Waals surface area contributed by atoms with Crippen molar-refractivity contribution in [2.75, 3.05) is 12.4 Å². The van der Waals surface area contributed by atoms with E-state index in [9.17, 15) is 19.2 Å². The Kier molecular flexibility index (Phi) is 6.14. The first-order valence-corrected chi connectivity index (χ1v) is 9.70. The van der Waals surface area contributed by atoms with Crippen molar-refractivity contribution in [3.05, 3.63) is 45.4 Å². The highest BCUT2D eigenvalue weighted by Gasteiger charge is 2.39. The molecule has 0 spiro atoms. The molecule has 3 rings (SSSR count). The molecule has 1 aliphatic heterocycles. The number of esters is 1. The van der Waals surface area contributed by atoms with Crippen LogP contribution >= 0.6 is 22.9 Å². The summed E-state index contributed by atoms with van der Waals surface area (Å²) >= 11 is 7.19. The van der Waals surface area contributed by atoms with Gasteiger partial charge in [0.05, 0.1) is 20.1 Å². The lowest BCUT2D eigenvalue weighted by atomic mass is 10.1. The highest BCUT2D eigenvalue weighted by Crippen LogP contribution is 2.24. The van der Waals surface area contributed by atoms with Crippen molar-refractivity contribution in [3.8, 4) is 0 Å². The number of ether oxygens (including phenoxy) is 1. The number of thiazole rings is 1. The number of amides is 4. The summed E-state index contributed by atoms with van der Waals surface area (Å²) in [7, 11) is 1.24. The second-order valence-corrected chi connectivity index (χ2v) is 7.80. The summed E-state index contributed by atoms with van der Waals surface area (Å²) in [6.07, 6.45) is -0.268. The van der Waals surface area contributed by atoms with E-state index >= 15 is 0 Å². The topological polar surface area (TPSA) is 118 Å². The van der Waals surface area contributed by atoms with Crippen LogP contribution in [0.4, 0.5) is 9.93 Å². The third kappa shape index (κ3) is 4.54. The molecule has 152 valence electrons. The number of nitrogens with zero attached hydrogens (tertiary/aromatic N) is 2. The van der Waals surface area contributed by atoms with E-state index in [0.29, 0.717) is 15.5 Å². The lowest BCUT2D eigenvalue weighted by Crippen LogP contribution is -2.34. The number of nitrogens with one attached hydrogen (secondary N) is 2. The molecule has 2 heterocycles. The Bertz CT molecular complexity index is 992. The van der Waals surface area contributed by atoms with Crippen LogP contribution in [0.2, 0.25) is 5.02 Å². The molecule has 1 aliphatic rings. The molecule has 1 unspecified atom stereocenters. The normalized spacial score (nSPS) is 16.0. The summed E-state index contributed by atoms with van der Waals surface area (Å²) in [4.78, 5) is 54.2. The van der Waals surface area contributed by atoms with Crippen molar-refractivity contribution >= 4 is 51.9 Å². The molecule has 2 N–H and O–H groups in total. The van der Waals surface area contributed by atoms with Crippen molar-refractivity contribution in [2.24, 2.45) is 0 Å². The van der Waals surface area contributed by atoms with E-state index in [2.05, 4.69) is 20.4 Å². The molecule has 1 aromatic heterocycles. The maximum Gasteiger partial charge on any atom is 0.357 e. The zero-order chi connectivity index (χ0) is 21.1. The van der Waals surface area contributed by atoms with Crippen LogP contribution in [0, 0.1) is 6.92 Å². The Labute approximate surface area is 175 Å². The van der Waals surface area contributed by atoms with Crippen LogP contribution in [0.5, 0.6) is 0 Å². The molecule has 2 aromatic rings. The largest absolute Gasteiger partial charge is 0.464 e. The lowest BCUT2D eigenvalue weighted by molar-refractivity contribution is -0.130. The molecule has 0 radical (unpaired) electrons. The zero-order valence-electron chi connectivity index (χ0n) is 15.5. The highest BCUT2D eigenvalue weighted by atomic mass is 35.5. The number of anilines is 1. The van der Waals surface area contributed by atoms with Gasteiger partial charge in [-0.1, -0.05) is 29.8 Å². The molecule has 9 nitrogen and oxygen atoms in total. The third-order valence-corrected chi connectivity index (χ3v) is 5.46. The van der Waals surface area contributed by atoms with E-state index in [-0.39, 0.29) is 23.8 Å². The van der Waals surface area contributed by atoms with Gasteiger partial charge in [0.1, 0.15) is 6.04 Å². The molecule has 0 bridgehead atoms. The van der Waals surface area contributed by atoms with Gasteiger partial charge in [0.2, 0.25) is 5.91 Å². The summed E-state index contributed by atoms with van der Waals surface area (Å²) in [5.74, 6) is -1.64. The first kappa shape index (κ1) is 20.7. The molecule has 4 amide bonds. The van der Waals surface area contributed by atoms with Gasteiger partial charge in [0.15, 0.2) is 10.8 Å². The number of hydrogen-bond donors (Lipinski definition) is 2. The molecule has 1 fully saturated rings. The first-order valence-electron chi connectivity index (χ1n) is 8.51. The van der Waals surface area contributed by atoms with Gasteiger partial charge in [-0.15, -0.1) is 11.3 Å². The van der Waals surface area contributed by atoms with Gasteiger partial charge < -0.3 is 15.4 Å². The number of aryl methyl sites for hydroxylation is 1. The predicted octanol–water partition coefficient (Wildman–Crippen LogP) is 2.34. The van der Waals surface area contributed by atoms with Gasteiger partial charge >= 0.3 is 12.0 Å². The number of imide groups is 1. The van der Waals surface area contributed by atoms with Crippen LogP contribution in [0.1, 0.15) is 27.3 Å². The fraction of sp³-hybridized carbons (Fsp3) is 0.278. The number of methoxy groups -OCH3 is 1.